The van der Waals surface area contributed by atoms with E-state index in [2.05, 4.69) is 0 Å². The summed E-state index contributed by atoms with van der Waals surface area (Å²) in [7, 11) is 0. The van der Waals surface area contributed by atoms with Crippen LogP contribution in [0.2, 0.25) is 5.02 Å². The van der Waals surface area contributed by atoms with Gasteiger partial charge in [-0.05, 0) is 36.5 Å². The summed E-state index contributed by atoms with van der Waals surface area (Å²) in [5.41, 5.74) is 1.61. The predicted molar refractivity (Wildman–Crippen MR) is 64.4 cm³/mol. The Morgan fingerprint density at radius 1 is 1.47 bits per heavy atom. The molecule has 2 rings (SSSR count). The van der Waals surface area contributed by atoms with E-state index in [1.165, 1.54) is 6.07 Å². The van der Waals surface area contributed by atoms with Crippen molar-refractivity contribution in [3.8, 4) is 0 Å². The zero-order valence-corrected chi connectivity index (χ0v) is 9.88. The van der Waals surface area contributed by atoms with Gasteiger partial charge in [-0.25, -0.2) is 4.39 Å². The van der Waals surface area contributed by atoms with E-state index in [4.69, 9.17) is 16.7 Å². The van der Waals surface area contributed by atoms with Crippen molar-refractivity contribution in [2.24, 2.45) is 5.92 Å². The van der Waals surface area contributed by atoms with E-state index in [1.807, 2.05) is 6.08 Å². The fourth-order valence-corrected chi connectivity index (χ4v) is 2.30. The van der Waals surface area contributed by atoms with Gasteiger partial charge >= 0.3 is 5.97 Å². The summed E-state index contributed by atoms with van der Waals surface area (Å²) in [6.45, 7) is 0. The van der Waals surface area contributed by atoms with Gasteiger partial charge < -0.3 is 5.11 Å². The molecule has 1 aromatic rings. The molecule has 1 atom stereocenters. The molecule has 0 saturated heterocycles. The smallest absolute Gasteiger partial charge is 0.306 e. The Bertz CT molecular complexity index is 482. The van der Waals surface area contributed by atoms with Crippen molar-refractivity contribution >= 4 is 23.1 Å². The van der Waals surface area contributed by atoms with Crippen LogP contribution < -0.4 is 0 Å². The van der Waals surface area contributed by atoms with E-state index >= 15 is 0 Å². The molecule has 0 saturated carbocycles. The number of carbonyl (C=O) groups is 1. The Hall–Kier alpha value is -1.35. The van der Waals surface area contributed by atoms with Gasteiger partial charge in [-0.1, -0.05) is 29.8 Å². The normalized spacial score (nSPS) is 19.9. The fraction of sp³-hybridized carbons (Fsp3) is 0.308. The topological polar surface area (TPSA) is 37.3 Å². The van der Waals surface area contributed by atoms with Crippen molar-refractivity contribution in [3.05, 3.63) is 40.7 Å². The summed E-state index contributed by atoms with van der Waals surface area (Å²) in [5.74, 6) is -1.54. The lowest BCUT2D eigenvalue weighted by Crippen LogP contribution is -2.15. The number of carboxylic acids is 1. The highest BCUT2D eigenvalue weighted by atomic mass is 35.5. The Balaban J connectivity index is 2.25. The third-order valence-corrected chi connectivity index (χ3v) is 3.44. The monoisotopic (exact) mass is 254 g/mol. The van der Waals surface area contributed by atoms with E-state index in [1.54, 1.807) is 12.1 Å². The first-order valence-corrected chi connectivity index (χ1v) is 5.83. The van der Waals surface area contributed by atoms with Crippen molar-refractivity contribution in [1.82, 2.24) is 0 Å². The molecule has 2 nitrogen and oxygen atoms in total. The molecule has 0 heterocycles. The third-order valence-electron chi connectivity index (χ3n) is 3.06. The van der Waals surface area contributed by atoms with Crippen LogP contribution in [0.25, 0.3) is 5.57 Å². The maximum absolute atomic E-state index is 13.3. The van der Waals surface area contributed by atoms with E-state index in [0.29, 0.717) is 24.8 Å². The SMILES string of the molecule is O=C(O)[C@@H]1CC=C(c2cccc(F)c2Cl)CC1. The van der Waals surface area contributed by atoms with Gasteiger partial charge in [0, 0.05) is 0 Å². The maximum Gasteiger partial charge on any atom is 0.306 e. The molecule has 0 aromatic heterocycles. The van der Waals surface area contributed by atoms with Crippen LogP contribution in [-0.4, -0.2) is 11.1 Å². The van der Waals surface area contributed by atoms with Gasteiger partial charge in [0.25, 0.3) is 0 Å². The van der Waals surface area contributed by atoms with Crippen LogP contribution in [0.15, 0.2) is 24.3 Å². The molecular weight excluding hydrogens is 243 g/mol. The molecule has 0 spiro atoms. The van der Waals surface area contributed by atoms with E-state index in [0.717, 1.165) is 5.57 Å². The van der Waals surface area contributed by atoms with E-state index < -0.39 is 11.8 Å². The van der Waals surface area contributed by atoms with Gasteiger partial charge in [0.1, 0.15) is 5.82 Å². The molecule has 0 radical (unpaired) electrons. The molecular formula is C13H12ClFO2. The molecule has 1 N–H and O–H groups in total. The van der Waals surface area contributed by atoms with Gasteiger partial charge in [-0.15, -0.1) is 0 Å². The zero-order valence-electron chi connectivity index (χ0n) is 9.12. The minimum absolute atomic E-state index is 0.118. The third kappa shape index (κ3) is 2.50. The van der Waals surface area contributed by atoms with Gasteiger partial charge in [0.05, 0.1) is 10.9 Å². The second kappa shape index (κ2) is 4.88. The molecule has 17 heavy (non-hydrogen) atoms. The van der Waals surface area contributed by atoms with Crippen molar-refractivity contribution in [2.75, 3.05) is 0 Å². The highest BCUT2D eigenvalue weighted by Gasteiger charge is 2.22. The first-order chi connectivity index (χ1) is 8.09. The number of allylic oxidation sites excluding steroid dienone is 2. The highest BCUT2D eigenvalue weighted by molar-refractivity contribution is 6.32. The average Bonchev–Trinajstić information content (AvgIpc) is 2.33. The predicted octanol–water partition coefficient (Wildman–Crippen LogP) is 3.75. The summed E-state index contributed by atoms with van der Waals surface area (Å²) in [4.78, 5) is 10.8. The number of hydrogen-bond acceptors (Lipinski definition) is 1. The van der Waals surface area contributed by atoms with Gasteiger partial charge in [0.15, 0.2) is 0 Å². The van der Waals surface area contributed by atoms with Crippen molar-refractivity contribution < 1.29 is 14.3 Å². The summed E-state index contributed by atoms with van der Waals surface area (Å²) in [6.07, 6.45) is 3.54. The van der Waals surface area contributed by atoms with Crippen LogP contribution in [0.1, 0.15) is 24.8 Å². The summed E-state index contributed by atoms with van der Waals surface area (Å²) < 4.78 is 13.3. The minimum Gasteiger partial charge on any atom is -0.481 e. The Morgan fingerprint density at radius 3 is 2.82 bits per heavy atom. The average molecular weight is 255 g/mol. The van der Waals surface area contributed by atoms with Crippen LogP contribution in [-0.2, 0) is 4.79 Å². The largest absolute Gasteiger partial charge is 0.481 e. The van der Waals surface area contributed by atoms with Crippen LogP contribution in [0, 0.1) is 11.7 Å². The first-order valence-electron chi connectivity index (χ1n) is 5.46. The molecule has 0 amide bonds. The number of carboxylic acid groups (broad SMARTS) is 1. The molecule has 0 aliphatic heterocycles. The lowest BCUT2D eigenvalue weighted by Gasteiger charge is -2.19. The standard InChI is InChI=1S/C13H12ClFO2/c14-12-10(2-1-3-11(12)15)8-4-6-9(7-5-8)13(16)17/h1-4,9H,5-7H2,(H,16,17)/t9-/m1/s1. The number of halogens is 2. The summed E-state index contributed by atoms with van der Waals surface area (Å²) in [5, 5.41) is 9.00. The van der Waals surface area contributed by atoms with Crippen LogP contribution in [0.5, 0.6) is 0 Å². The fourth-order valence-electron chi connectivity index (χ4n) is 2.05. The second-order valence-corrected chi connectivity index (χ2v) is 4.52. The van der Waals surface area contributed by atoms with Crippen LogP contribution in [0.3, 0.4) is 0 Å². The first kappa shape index (κ1) is 12.1. The van der Waals surface area contributed by atoms with Crippen molar-refractivity contribution in [3.63, 3.8) is 0 Å². The van der Waals surface area contributed by atoms with Crippen LogP contribution in [0.4, 0.5) is 4.39 Å². The second-order valence-electron chi connectivity index (χ2n) is 4.14. The molecule has 90 valence electrons. The van der Waals surface area contributed by atoms with Crippen molar-refractivity contribution in [1.29, 1.82) is 0 Å². The summed E-state index contributed by atoms with van der Waals surface area (Å²) in [6, 6.07) is 4.69. The Labute approximate surface area is 104 Å². The van der Waals surface area contributed by atoms with Crippen molar-refractivity contribution in [2.45, 2.75) is 19.3 Å². The number of hydrogen-bond donors (Lipinski definition) is 1. The van der Waals surface area contributed by atoms with Gasteiger partial charge in [0.2, 0.25) is 0 Å². The molecule has 1 aromatic carbocycles. The molecule has 4 heteroatoms. The quantitative estimate of drug-likeness (QED) is 0.873. The highest BCUT2D eigenvalue weighted by Crippen LogP contribution is 2.34. The van der Waals surface area contributed by atoms with Crippen LogP contribution >= 0.6 is 11.6 Å². The molecule has 1 aliphatic carbocycles. The number of aliphatic carboxylic acids is 1. The Kier molecular flexibility index (Phi) is 3.48. The maximum atomic E-state index is 13.3. The molecule has 0 fully saturated rings. The number of benzene rings is 1. The zero-order chi connectivity index (χ0) is 12.4. The lowest BCUT2D eigenvalue weighted by molar-refractivity contribution is -0.141. The lowest BCUT2D eigenvalue weighted by atomic mass is 9.86. The van der Waals surface area contributed by atoms with E-state index in [9.17, 15) is 9.18 Å². The Morgan fingerprint density at radius 2 is 2.24 bits per heavy atom. The number of rotatable bonds is 2. The molecule has 0 unspecified atom stereocenters. The minimum atomic E-state index is -0.773. The molecule has 0 bridgehead atoms. The van der Waals surface area contributed by atoms with Gasteiger partial charge in [-0.3, -0.25) is 4.79 Å². The van der Waals surface area contributed by atoms with E-state index in [-0.39, 0.29) is 10.9 Å². The van der Waals surface area contributed by atoms with Gasteiger partial charge in [-0.2, -0.15) is 0 Å². The summed E-state index contributed by atoms with van der Waals surface area (Å²) >= 11 is 5.89. The molecule has 1 aliphatic rings.